The van der Waals surface area contributed by atoms with E-state index in [0.717, 1.165) is 0 Å². The SMILES string of the molecule is CSC1=CC(C)=CC=C2c3ccccc3C=CN12. The minimum Gasteiger partial charge on any atom is -0.311 e. The number of allylic oxidation sites excluding steroid dienone is 4. The van der Waals surface area contributed by atoms with Gasteiger partial charge in [-0.1, -0.05) is 30.3 Å². The molecule has 0 radical (unpaired) electrons. The van der Waals surface area contributed by atoms with Gasteiger partial charge in [-0.2, -0.15) is 0 Å². The lowest BCUT2D eigenvalue weighted by Crippen LogP contribution is -2.16. The molecule has 0 amide bonds. The number of hydrogen-bond acceptors (Lipinski definition) is 2. The summed E-state index contributed by atoms with van der Waals surface area (Å²) in [5.74, 6) is 0. The van der Waals surface area contributed by atoms with Gasteiger partial charge in [0.25, 0.3) is 0 Å². The molecule has 18 heavy (non-hydrogen) atoms. The van der Waals surface area contributed by atoms with Crippen molar-refractivity contribution in [3.63, 3.8) is 0 Å². The lowest BCUT2D eigenvalue weighted by atomic mass is 10.0. The predicted molar refractivity (Wildman–Crippen MR) is 80.6 cm³/mol. The summed E-state index contributed by atoms with van der Waals surface area (Å²) in [6.07, 6.45) is 13.1. The summed E-state index contributed by atoms with van der Waals surface area (Å²) < 4.78 is 0. The zero-order valence-electron chi connectivity index (χ0n) is 10.6. The molecule has 3 rings (SSSR count). The van der Waals surface area contributed by atoms with Gasteiger partial charge in [-0.25, -0.2) is 0 Å². The Hall–Kier alpha value is -1.67. The van der Waals surface area contributed by atoms with Crippen LogP contribution >= 0.6 is 11.8 Å². The monoisotopic (exact) mass is 253 g/mol. The van der Waals surface area contributed by atoms with Crippen LogP contribution < -0.4 is 0 Å². The lowest BCUT2D eigenvalue weighted by Gasteiger charge is -2.29. The van der Waals surface area contributed by atoms with E-state index >= 15 is 0 Å². The summed E-state index contributed by atoms with van der Waals surface area (Å²) in [6, 6.07) is 8.53. The van der Waals surface area contributed by atoms with Crippen molar-refractivity contribution in [3.8, 4) is 0 Å². The van der Waals surface area contributed by atoms with Crippen molar-refractivity contribution in [2.24, 2.45) is 0 Å². The molecular weight excluding hydrogens is 238 g/mol. The van der Waals surface area contributed by atoms with E-state index < -0.39 is 0 Å². The average molecular weight is 253 g/mol. The Morgan fingerprint density at radius 2 is 1.94 bits per heavy atom. The van der Waals surface area contributed by atoms with E-state index in [1.807, 2.05) is 0 Å². The van der Waals surface area contributed by atoms with Crippen molar-refractivity contribution < 1.29 is 0 Å². The molecule has 2 heterocycles. The lowest BCUT2D eigenvalue weighted by molar-refractivity contribution is 0.706. The molecule has 0 saturated heterocycles. The van der Waals surface area contributed by atoms with Crippen molar-refractivity contribution in [2.45, 2.75) is 6.92 Å². The number of nitrogens with zero attached hydrogens (tertiary/aromatic N) is 1. The first-order valence-electron chi connectivity index (χ1n) is 6.01. The van der Waals surface area contributed by atoms with Crippen LogP contribution in [0.5, 0.6) is 0 Å². The maximum Gasteiger partial charge on any atom is 0.0793 e. The number of thioether (sulfide) groups is 1. The second-order valence-corrected chi connectivity index (χ2v) is 5.25. The normalized spacial score (nSPS) is 17.2. The van der Waals surface area contributed by atoms with E-state index in [4.69, 9.17) is 0 Å². The van der Waals surface area contributed by atoms with Crippen molar-refractivity contribution in [3.05, 3.63) is 70.4 Å². The van der Waals surface area contributed by atoms with Gasteiger partial charge in [0.05, 0.1) is 10.7 Å². The molecule has 2 heteroatoms. The molecule has 1 nitrogen and oxygen atoms in total. The van der Waals surface area contributed by atoms with Gasteiger partial charge in [0.2, 0.25) is 0 Å². The van der Waals surface area contributed by atoms with Crippen LogP contribution in [0, 0.1) is 0 Å². The van der Waals surface area contributed by atoms with Gasteiger partial charge in [0, 0.05) is 11.8 Å². The standard InChI is InChI=1S/C16H15NS/c1-12-7-8-15-14-6-4-3-5-13(14)9-10-17(15)16(11-12)18-2/h3-11H,1-2H3. The maximum atomic E-state index is 2.26. The van der Waals surface area contributed by atoms with E-state index in [1.165, 1.54) is 27.4 Å². The Labute approximate surface area is 112 Å². The van der Waals surface area contributed by atoms with Crippen LogP contribution in [0.3, 0.4) is 0 Å². The molecule has 0 unspecified atom stereocenters. The molecule has 90 valence electrons. The quantitative estimate of drug-likeness (QED) is 0.726. The fourth-order valence-corrected chi connectivity index (χ4v) is 2.94. The zero-order valence-corrected chi connectivity index (χ0v) is 11.4. The third kappa shape index (κ3) is 1.83. The highest BCUT2D eigenvalue weighted by atomic mass is 32.2. The second kappa shape index (κ2) is 4.54. The molecule has 0 aliphatic carbocycles. The third-order valence-corrected chi connectivity index (χ3v) is 3.93. The topological polar surface area (TPSA) is 3.24 Å². The third-order valence-electron chi connectivity index (χ3n) is 3.20. The first-order valence-corrected chi connectivity index (χ1v) is 7.23. The Balaban J connectivity index is 2.19. The van der Waals surface area contributed by atoms with Crippen LogP contribution in [0.4, 0.5) is 0 Å². The first-order chi connectivity index (χ1) is 8.79. The summed E-state index contributed by atoms with van der Waals surface area (Å²) in [4.78, 5) is 2.26. The molecule has 0 spiro atoms. The van der Waals surface area contributed by atoms with Crippen LogP contribution in [0.25, 0.3) is 11.8 Å². The van der Waals surface area contributed by atoms with E-state index in [9.17, 15) is 0 Å². The Kier molecular flexibility index (Phi) is 2.88. The van der Waals surface area contributed by atoms with Gasteiger partial charge in [0.15, 0.2) is 0 Å². The number of rotatable bonds is 1. The average Bonchev–Trinajstić information content (AvgIpc) is 2.58. The zero-order chi connectivity index (χ0) is 12.5. The summed E-state index contributed by atoms with van der Waals surface area (Å²) >= 11 is 1.78. The highest BCUT2D eigenvalue weighted by Gasteiger charge is 2.20. The van der Waals surface area contributed by atoms with Crippen LogP contribution in [0.1, 0.15) is 18.1 Å². The fraction of sp³-hybridized carbons (Fsp3) is 0.125. The van der Waals surface area contributed by atoms with Crippen molar-refractivity contribution in [1.82, 2.24) is 4.90 Å². The van der Waals surface area contributed by atoms with Crippen LogP contribution in [-0.2, 0) is 0 Å². The largest absolute Gasteiger partial charge is 0.311 e. The van der Waals surface area contributed by atoms with Crippen molar-refractivity contribution in [1.29, 1.82) is 0 Å². The number of benzene rings is 1. The molecule has 1 aromatic rings. The Morgan fingerprint density at radius 1 is 1.11 bits per heavy atom. The van der Waals surface area contributed by atoms with Crippen molar-refractivity contribution in [2.75, 3.05) is 6.26 Å². The van der Waals surface area contributed by atoms with E-state index in [1.54, 1.807) is 11.8 Å². The molecule has 2 aliphatic rings. The minimum absolute atomic E-state index is 1.26. The Morgan fingerprint density at radius 3 is 2.78 bits per heavy atom. The molecule has 2 aliphatic heterocycles. The number of fused-ring (bicyclic) bond motifs is 3. The van der Waals surface area contributed by atoms with Gasteiger partial charge < -0.3 is 4.90 Å². The molecule has 0 N–H and O–H groups in total. The predicted octanol–water partition coefficient (Wildman–Crippen LogP) is 4.48. The second-order valence-electron chi connectivity index (χ2n) is 4.42. The van der Waals surface area contributed by atoms with E-state index in [-0.39, 0.29) is 0 Å². The molecule has 0 fully saturated rings. The summed E-state index contributed by atoms with van der Waals surface area (Å²) in [5, 5.41) is 1.26. The van der Waals surface area contributed by atoms with E-state index in [0.29, 0.717) is 0 Å². The molecule has 0 bridgehead atoms. The smallest absolute Gasteiger partial charge is 0.0793 e. The molecule has 0 saturated carbocycles. The van der Waals surface area contributed by atoms with E-state index in [2.05, 4.69) is 72.8 Å². The van der Waals surface area contributed by atoms with Gasteiger partial charge in [-0.15, -0.1) is 11.8 Å². The van der Waals surface area contributed by atoms with Crippen LogP contribution in [0.15, 0.2) is 59.3 Å². The molecule has 1 aromatic carbocycles. The van der Waals surface area contributed by atoms with Gasteiger partial charge in [-0.05, 0) is 42.5 Å². The summed E-state index contributed by atoms with van der Waals surface area (Å²) in [7, 11) is 0. The van der Waals surface area contributed by atoms with Crippen molar-refractivity contribution >= 4 is 23.5 Å². The first kappa shape index (κ1) is 11.4. The van der Waals surface area contributed by atoms with Gasteiger partial charge in [0.1, 0.15) is 0 Å². The summed E-state index contributed by atoms with van der Waals surface area (Å²) in [5.41, 5.74) is 5.12. The molecular formula is C16H15NS. The van der Waals surface area contributed by atoms with Crippen LogP contribution in [0.2, 0.25) is 0 Å². The highest BCUT2D eigenvalue weighted by molar-refractivity contribution is 8.02. The number of hydrogen-bond donors (Lipinski definition) is 0. The van der Waals surface area contributed by atoms with Gasteiger partial charge in [-0.3, -0.25) is 0 Å². The Bertz CT molecular complexity index is 605. The maximum absolute atomic E-state index is 2.26. The highest BCUT2D eigenvalue weighted by Crippen LogP contribution is 2.37. The minimum atomic E-state index is 1.26. The summed E-state index contributed by atoms with van der Waals surface area (Å²) in [6.45, 7) is 2.14. The van der Waals surface area contributed by atoms with Gasteiger partial charge >= 0.3 is 0 Å². The fourth-order valence-electron chi connectivity index (χ4n) is 2.28. The molecule has 0 aromatic heterocycles. The van der Waals surface area contributed by atoms with Crippen LogP contribution in [-0.4, -0.2) is 11.2 Å². The molecule has 0 atom stereocenters.